The van der Waals surface area contributed by atoms with Gasteiger partial charge in [-0.25, -0.2) is 0 Å². The molecule has 0 saturated carbocycles. The lowest BCUT2D eigenvalue weighted by molar-refractivity contribution is -0.179. The lowest BCUT2D eigenvalue weighted by Gasteiger charge is -2.12. The van der Waals surface area contributed by atoms with Gasteiger partial charge in [-0.3, -0.25) is 4.98 Å². The number of hydrogen-bond acceptors (Lipinski definition) is 3. The molecule has 1 atom stereocenters. The van der Waals surface area contributed by atoms with Gasteiger partial charge < -0.3 is 9.84 Å². The second kappa shape index (κ2) is 5.81. The maximum Gasteiger partial charge on any atom is 0.411 e. The summed E-state index contributed by atoms with van der Waals surface area (Å²) in [5.41, 5.74) is 0.616. The molecule has 0 saturated heterocycles. The van der Waals surface area contributed by atoms with Gasteiger partial charge in [-0.1, -0.05) is 6.07 Å². The Kier molecular flexibility index (Phi) is 4.70. The molecule has 0 fully saturated rings. The molecule has 16 heavy (non-hydrogen) atoms. The summed E-state index contributed by atoms with van der Waals surface area (Å²) in [5.74, 6) is 0. The summed E-state index contributed by atoms with van der Waals surface area (Å²) in [7, 11) is 0. The smallest absolute Gasteiger partial charge is 0.390 e. The van der Waals surface area contributed by atoms with Gasteiger partial charge in [0.05, 0.1) is 12.7 Å². The Morgan fingerprint density at radius 3 is 2.69 bits per heavy atom. The lowest BCUT2D eigenvalue weighted by Crippen LogP contribution is -2.24. The van der Waals surface area contributed by atoms with Crippen molar-refractivity contribution < 1.29 is 23.0 Å². The molecule has 0 aliphatic carbocycles. The zero-order valence-corrected chi connectivity index (χ0v) is 8.44. The van der Waals surface area contributed by atoms with E-state index in [9.17, 15) is 18.3 Å². The number of nitrogens with zero attached hydrogens (tertiary/aromatic N) is 1. The number of aliphatic hydroxyl groups is 1. The molecule has 3 nitrogen and oxygen atoms in total. The Morgan fingerprint density at radius 1 is 1.38 bits per heavy atom. The van der Waals surface area contributed by atoms with Crippen molar-refractivity contribution >= 4 is 0 Å². The average Bonchev–Trinajstić information content (AvgIpc) is 2.17. The molecule has 1 N–H and O–H groups in total. The third-order valence-corrected chi connectivity index (χ3v) is 1.75. The summed E-state index contributed by atoms with van der Waals surface area (Å²) < 4.78 is 39.5. The molecule has 0 amide bonds. The number of hydrogen-bond donors (Lipinski definition) is 1. The SMILES string of the molecule is OC(COCC(F)(F)F)Cc1ccccn1. The molecule has 0 aliphatic heterocycles. The van der Waals surface area contributed by atoms with Gasteiger partial charge in [0.25, 0.3) is 0 Å². The predicted molar refractivity (Wildman–Crippen MR) is 50.8 cm³/mol. The zero-order chi connectivity index (χ0) is 12.0. The fourth-order valence-corrected chi connectivity index (χ4v) is 1.13. The van der Waals surface area contributed by atoms with E-state index in [1.165, 1.54) is 0 Å². The van der Waals surface area contributed by atoms with Crippen molar-refractivity contribution in [2.75, 3.05) is 13.2 Å². The van der Waals surface area contributed by atoms with Crippen LogP contribution in [0.25, 0.3) is 0 Å². The summed E-state index contributed by atoms with van der Waals surface area (Å²) in [4.78, 5) is 3.94. The number of aliphatic hydroxyl groups excluding tert-OH is 1. The van der Waals surface area contributed by atoms with Gasteiger partial charge in [0, 0.05) is 18.3 Å². The van der Waals surface area contributed by atoms with Crippen LogP contribution in [0.3, 0.4) is 0 Å². The standard InChI is InChI=1S/C10H12F3NO2/c11-10(12,13)7-16-6-9(15)5-8-3-1-2-4-14-8/h1-4,9,15H,5-7H2. The second-order valence-corrected chi connectivity index (χ2v) is 3.31. The number of rotatable bonds is 5. The van der Waals surface area contributed by atoms with E-state index in [0.717, 1.165) is 0 Å². The highest BCUT2D eigenvalue weighted by Crippen LogP contribution is 2.14. The number of alkyl halides is 3. The zero-order valence-electron chi connectivity index (χ0n) is 8.44. The van der Waals surface area contributed by atoms with Crippen LogP contribution in [0.15, 0.2) is 24.4 Å². The Balaban J connectivity index is 2.24. The molecule has 0 aliphatic rings. The highest BCUT2D eigenvalue weighted by molar-refractivity contribution is 5.04. The first-order valence-electron chi connectivity index (χ1n) is 4.70. The fourth-order valence-electron chi connectivity index (χ4n) is 1.13. The van der Waals surface area contributed by atoms with E-state index in [1.54, 1.807) is 24.4 Å². The largest absolute Gasteiger partial charge is 0.411 e. The molecular weight excluding hydrogens is 223 g/mol. The monoisotopic (exact) mass is 235 g/mol. The topological polar surface area (TPSA) is 42.4 Å². The summed E-state index contributed by atoms with van der Waals surface area (Å²) >= 11 is 0. The van der Waals surface area contributed by atoms with Gasteiger partial charge in [-0.05, 0) is 12.1 Å². The van der Waals surface area contributed by atoms with Crippen LogP contribution in [0.1, 0.15) is 5.69 Å². The van der Waals surface area contributed by atoms with Crippen molar-refractivity contribution in [1.82, 2.24) is 4.98 Å². The maximum atomic E-state index is 11.7. The van der Waals surface area contributed by atoms with Crippen molar-refractivity contribution in [3.05, 3.63) is 30.1 Å². The minimum absolute atomic E-state index is 0.179. The Hall–Kier alpha value is -1.14. The van der Waals surface area contributed by atoms with E-state index in [2.05, 4.69) is 9.72 Å². The minimum atomic E-state index is -4.36. The minimum Gasteiger partial charge on any atom is -0.390 e. The van der Waals surface area contributed by atoms with E-state index in [1.807, 2.05) is 0 Å². The van der Waals surface area contributed by atoms with Gasteiger partial charge in [0.2, 0.25) is 0 Å². The predicted octanol–water partition coefficient (Wildman–Crippen LogP) is 1.56. The molecule has 0 radical (unpaired) electrons. The highest BCUT2D eigenvalue weighted by atomic mass is 19.4. The number of aromatic nitrogens is 1. The van der Waals surface area contributed by atoms with Crippen molar-refractivity contribution in [1.29, 1.82) is 0 Å². The van der Waals surface area contributed by atoms with Crippen molar-refractivity contribution in [3.63, 3.8) is 0 Å². The maximum absolute atomic E-state index is 11.7. The fraction of sp³-hybridized carbons (Fsp3) is 0.500. The summed E-state index contributed by atoms with van der Waals surface area (Å²) in [6, 6.07) is 5.15. The Labute approximate surface area is 90.9 Å². The molecule has 1 rings (SSSR count). The number of pyridine rings is 1. The summed E-state index contributed by atoms with van der Waals surface area (Å²) in [6.07, 6.45) is -3.60. The van der Waals surface area contributed by atoms with Gasteiger partial charge in [0.15, 0.2) is 0 Å². The first-order valence-corrected chi connectivity index (χ1v) is 4.70. The molecule has 1 aromatic heterocycles. The van der Waals surface area contributed by atoms with Crippen molar-refractivity contribution in [2.24, 2.45) is 0 Å². The van der Waals surface area contributed by atoms with Gasteiger partial charge in [-0.2, -0.15) is 13.2 Å². The molecule has 1 heterocycles. The van der Waals surface area contributed by atoms with E-state index in [4.69, 9.17) is 0 Å². The average molecular weight is 235 g/mol. The molecule has 1 aromatic rings. The Morgan fingerprint density at radius 2 is 2.12 bits per heavy atom. The van der Waals surface area contributed by atoms with Gasteiger partial charge >= 0.3 is 6.18 Å². The van der Waals surface area contributed by atoms with Crippen LogP contribution < -0.4 is 0 Å². The van der Waals surface area contributed by atoms with Crippen LogP contribution in [0.2, 0.25) is 0 Å². The number of ether oxygens (including phenoxy) is 1. The van der Waals surface area contributed by atoms with Gasteiger partial charge in [-0.15, -0.1) is 0 Å². The molecule has 0 aromatic carbocycles. The third-order valence-electron chi connectivity index (χ3n) is 1.75. The molecule has 90 valence electrons. The number of halogens is 3. The second-order valence-electron chi connectivity index (χ2n) is 3.31. The van der Waals surface area contributed by atoms with Crippen LogP contribution in [0.5, 0.6) is 0 Å². The molecule has 0 spiro atoms. The molecule has 6 heteroatoms. The highest BCUT2D eigenvalue weighted by Gasteiger charge is 2.27. The van der Waals surface area contributed by atoms with Crippen LogP contribution >= 0.6 is 0 Å². The van der Waals surface area contributed by atoms with Crippen molar-refractivity contribution in [3.8, 4) is 0 Å². The van der Waals surface area contributed by atoms with Crippen LogP contribution in [0.4, 0.5) is 13.2 Å². The van der Waals surface area contributed by atoms with Crippen molar-refractivity contribution in [2.45, 2.75) is 18.7 Å². The van der Waals surface area contributed by atoms with Gasteiger partial charge in [0.1, 0.15) is 6.61 Å². The quantitative estimate of drug-likeness (QED) is 0.842. The van der Waals surface area contributed by atoms with E-state index >= 15 is 0 Å². The van der Waals surface area contributed by atoms with Crippen LogP contribution in [-0.2, 0) is 11.2 Å². The first kappa shape index (κ1) is 12.9. The summed E-state index contributed by atoms with van der Waals surface area (Å²) in [6.45, 7) is -1.69. The first-order chi connectivity index (χ1) is 7.47. The van der Waals surface area contributed by atoms with Crippen LogP contribution in [-0.4, -0.2) is 35.6 Å². The van der Waals surface area contributed by atoms with E-state index in [-0.39, 0.29) is 13.0 Å². The third kappa shape index (κ3) is 5.67. The van der Waals surface area contributed by atoms with E-state index in [0.29, 0.717) is 5.69 Å². The molecule has 0 bridgehead atoms. The normalized spacial score (nSPS) is 13.8. The van der Waals surface area contributed by atoms with Crippen LogP contribution in [0, 0.1) is 0 Å². The van der Waals surface area contributed by atoms with E-state index < -0.39 is 18.9 Å². The molecular formula is C10H12F3NO2. The summed E-state index contributed by atoms with van der Waals surface area (Å²) in [5, 5.41) is 9.37. The molecule has 1 unspecified atom stereocenters. The Bertz CT molecular complexity index is 303. The lowest BCUT2D eigenvalue weighted by atomic mass is 10.2.